The zero-order valence-corrected chi connectivity index (χ0v) is 20.3. The molecule has 36 heavy (non-hydrogen) atoms. The van der Waals surface area contributed by atoms with Gasteiger partial charge in [0.25, 0.3) is 0 Å². The summed E-state index contributed by atoms with van der Waals surface area (Å²) in [5.41, 5.74) is 4.25. The summed E-state index contributed by atoms with van der Waals surface area (Å²) in [6.07, 6.45) is -0.673. The molecule has 0 spiro atoms. The smallest absolute Gasteiger partial charge is 0.417 e. The van der Waals surface area contributed by atoms with E-state index in [4.69, 9.17) is 9.47 Å². The minimum absolute atomic E-state index is 0.199. The first-order valence-electron chi connectivity index (χ1n) is 11.4. The van der Waals surface area contributed by atoms with Crippen molar-refractivity contribution in [2.24, 2.45) is 0 Å². The van der Waals surface area contributed by atoms with Crippen LogP contribution < -0.4 is 25.0 Å². The van der Waals surface area contributed by atoms with Crippen molar-refractivity contribution in [2.75, 3.05) is 22.6 Å². The summed E-state index contributed by atoms with van der Waals surface area (Å²) in [5, 5.41) is 5.50. The number of nitrogens with zero attached hydrogens (tertiary/aromatic N) is 1. The van der Waals surface area contributed by atoms with Crippen LogP contribution in [-0.2, 0) is 4.79 Å². The van der Waals surface area contributed by atoms with Crippen molar-refractivity contribution in [1.82, 2.24) is 0 Å². The van der Waals surface area contributed by atoms with E-state index in [0.29, 0.717) is 28.6 Å². The fourth-order valence-electron chi connectivity index (χ4n) is 3.80. The van der Waals surface area contributed by atoms with E-state index in [-0.39, 0.29) is 5.91 Å². The van der Waals surface area contributed by atoms with Crippen molar-refractivity contribution in [3.63, 3.8) is 0 Å². The van der Waals surface area contributed by atoms with Crippen molar-refractivity contribution in [2.45, 2.75) is 13.8 Å². The molecule has 0 unspecified atom stereocenters. The summed E-state index contributed by atoms with van der Waals surface area (Å²) < 4.78 is 11.5. The molecule has 0 atom stereocenters. The normalized spacial score (nSPS) is 10.3. The van der Waals surface area contributed by atoms with Crippen molar-refractivity contribution >= 4 is 40.4 Å². The summed E-state index contributed by atoms with van der Waals surface area (Å²) in [4.78, 5) is 26.4. The fraction of sp³-hybridized carbons (Fsp3) is 0.103. The van der Waals surface area contributed by atoms with Crippen LogP contribution in [-0.4, -0.2) is 19.1 Å². The molecule has 4 rings (SSSR count). The third kappa shape index (κ3) is 5.64. The molecule has 0 fully saturated rings. The van der Waals surface area contributed by atoms with Gasteiger partial charge in [0.15, 0.2) is 5.75 Å². The average molecular weight is 482 g/mol. The van der Waals surface area contributed by atoms with Crippen LogP contribution in [0.4, 0.5) is 33.2 Å². The standard InChI is InChI=1S/C29H27N3O4/c1-20-17-18-22(30-21(2)33)19-25(20)31-29(34)36-27-16-10-15-26(35-3)28(27)32(23-11-6-4-7-12-23)24-13-8-5-9-14-24/h4-19H,1-3H3,(H,30,33)(H,31,34). The Bertz CT molecular complexity index is 1320. The maximum Gasteiger partial charge on any atom is 0.417 e. The van der Waals surface area contributed by atoms with Crippen LogP contribution in [0.1, 0.15) is 12.5 Å². The molecule has 7 nitrogen and oxygen atoms in total. The maximum atomic E-state index is 13.0. The van der Waals surface area contributed by atoms with Gasteiger partial charge in [-0.15, -0.1) is 0 Å². The van der Waals surface area contributed by atoms with Crippen LogP contribution in [0.15, 0.2) is 97.1 Å². The summed E-state index contributed by atoms with van der Waals surface area (Å²) in [6, 6.07) is 30.1. The molecule has 0 saturated heterocycles. The number of nitrogens with one attached hydrogen (secondary N) is 2. The Morgan fingerprint density at radius 3 is 1.94 bits per heavy atom. The van der Waals surface area contributed by atoms with E-state index in [1.54, 1.807) is 31.4 Å². The predicted octanol–water partition coefficient (Wildman–Crippen LogP) is 7.04. The summed E-state index contributed by atoms with van der Waals surface area (Å²) in [5.74, 6) is 0.655. The van der Waals surface area contributed by atoms with Crippen molar-refractivity contribution in [3.05, 3.63) is 103 Å². The topological polar surface area (TPSA) is 79.9 Å². The number of hydrogen-bond acceptors (Lipinski definition) is 5. The van der Waals surface area contributed by atoms with Crippen molar-refractivity contribution in [1.29, 1.82) is 0 Å². The SMILES string of the molecule is COc1cccc(OC(=O)Nc2cc(NC(C)=O)ccc2C)c1N(c1ccccc1)c1ccccc1. The lowest BCUT2D eigenvalue weighted by atomic mass is 10.1. The molecule has 182 valence electrons. The fourth-order valence-corrected chi connectivity index (χ4v) is 3.80. The van der Waals surface area contributed by atoms with Crippen LogP contribution in [0.5, 0.6) is 11.5 Å². The number of benzene rings is 4. The second kappa shape index (κ2) is 11.1. The minimum atomic E-state index is -0.673. The molecule has 7 heteroatoms. The van der Waals surface area contributed by atoms with E-state index in [1.807, 2.05) is 84.6 Å². The molecule has 4 aromatic rings. The number of amides is 2. The first kappa shape index (κ1) is 24.3. The molecule has 2 amide bonds. The molecule has 0 aliphatic rings. The van der Waals surface area contributed by atoms with Gasteiger partial charge in [-0.25, -0.2) is 4.79 Å². The van der Waals surface area contributed by atoms with Gasteiger partial charge < -0.3 is 19.7 Å². The van der Waals surface area contributed by atoms with E-state index >= 15 is 0 Å². The summed E-state index contributed by atoms with van der Waals surface area (Å²) in [7, 11) is 1.58. The van der Waals surface area contributed by atoms with E-state index < -0.39 is 6.09 Å². The van der Waals surface area contributed by atoms with E-state index in [0.717, 1.165) is 16.9 Å². The monoisotopic (exact) mass is 481 g/mol. The maximum absolute atomic E-state index is 13.0. The second-order valence-electron chi connectivity index (χ2n) is 8.04. The lowest BCUT2D eigenvalue weighted by molar-refractivity contribution is -0.114. The van der Waals surface area contributed by atoms with Crippen LogP contribution in [0.25, 0.3) is 0 Å². The number of para-hydroxylation sites is 3. The van der Waals surface area contributed by atoms with E-state index in [1.165, 1.54) is 6.92 Å². The van der Waals surface area contributed by atoms with Crippen molar-refractivity contribution < 1.29 is 19.1 Å². The molecule has 0 saturated carbocycles. The Morgan fingerprint density at radius 1 is 0.750 bits per heavy atom. The Hall–Kier alpha value is -4.78. The molecular weight excluding hydrogens is 454 g/mol. The van der Waals surface area contributed by atoms with Crippen LogP contribution in [0.3, 0.4) is 0 Å². The number of carbonyl (C=O) groups is 2. The number of methoxy groups -OCH3 is 1. The van der Waals surface area contributed by atoms with Gasteiger partial charge in [-0.1, -0.05) is 48.5 Å². The largest absolute Gasteiger partial charge is 0.494 e. The highest BCUT2D eigenvalue weighted by molar-refractivity contribution is 5.93. The summed E-state index contributed by atoms with van der Waals surface area (Å²) >= 11 is 0. The van der Waals surface area contributed by atoms with Gasteiger partial charge in [0, 0.05) is 29.7 Å². The highest BCUT2D eigenvalue weighted by Gasteiger charge is 2.23. The second-order valence-corrected chi connectivity index (χ2v) is 8.04. The Morgan fingerprint density at radius 2 is 1.36 bits per heavy atom. The molecule has 4 aromatic carbocycles. The lowest BCUT2D eigenvalue weighted by Gasteiger charge is -2.28. The van der Waals surface area contributed by atoms with Crippen LogP contribution >= 0.6 is 0 Å². The van der Waals surface area contributed by atoms with E-state index in [9.17, 15) is 9.59 Å². The van der Waals surface area contributed by atoms with Gasteiger partial charge >= 0.3 is 6.09 Å². The molecule has 0 aromatic heterocycles. The van der Waals surface area contributed by atoms with Gasteiger partial charge in [0.1, 0.15) is 11.4 Å². The lowest BCUT2D eigenvalue weighted by Crippen LogP contribution is -2.20. The molecule has 0 heterocycles. The number of aryl methyl sites for hydroxylation is 1. The minimum Gasteiger partial charge on any atom is -0.494 e. The molecule has 0 aliphatic carbocycles. The van der Waals surface area contributed by atoms with Crippen LogP contribution in [0.2, 0.25) is 0 Å². The zero-order chi connectivity index (χ0) is 25.5. The number of ether oxygens (including phenoxy) is 2. The van der Waals surface area contributed by atoms with Gasteiger partial charge in [0.05, 0.1) is 7.11 Å². The summed E-state index contributed by atoms with van der Waals surface area (Å²) in [6.45, 7) is 3.29. The molecular formula is C29H27N3O4. The number of anilines is 5. The Balaban J connectivity index is 1.71. The highest BCUT2D eigenvalue weighted by Crippen LogP contribution is 2.46. The zero-order valence-electron chi connectivity index (χ0n) is 20.3. The molecule has 0 aliphatic heterocycles. The van der Waals surface area contributed by atoms with Gasteiger partial charge in [-0.3, -0.25) is 10.1 Å². The van der Waals surface area contributed by atoms with Gasteiger partial charge in [-0.2, -0.15) is 0 Å². The first-order chi connectivity index (χ1) is 17.5. The Labute approximate surface area is 210 Å². The third-order valence-corrected chi connectivity index (χ3v) is 5.43. The van der Waals surface area contributed by atoms with Gasteiger partial charge in [-0.05, 0) is 61.0 Å². The number of carbonyl (C=O) groups excluding carboxylic acids is 2. The molecule has 0 bridgehead atoms. The number of hydrogen-bond donors (Lipinski definition) is 2. The van der Waals surface area contributed by atoms with E-state index in [2.05, 4.69) is 10.6 Å². The quantitative estimate of drug-likeness (QED) is 0.296. The van der Waals surface area contributed by atoms with Crippen molar-refractivity contribution in [3.8, 4) is 11.5 Å². The Kier molecular flexibility index (Phi) is 7.51. The van der Waals surface area contributed by atoms with Crippen LogP contribution in [0, 0.1) is 6.92 Å². The third-order valence-electron chi connectivity index (χ3n) is 5.43. The average Bonchev–Trinajstić information content (AvgIpc) is 2.88. The number of rotatable bonds is 7. The predicted molar refractivity (Wildman–Crippen MR) is 143 cm³/mol. The molecule has 2 N–H and O–H groups in total. The first-order valence-corrected chi connectivity index (χ1v) is 11.4. The highest BCUT2D eigenvalue weighted by atomic mass is 16.6. The molecule has 0 radical (unpaired) electrons. The van der Waals surface area contributed by atoms with Gasteiger partial charge in [0.2, 0.25) is 5.91 Å².